The molecule has 0 N–H and O–H groups in total. The third kappa shape index (κ3) is 3.43. The molecule has 45 heavy (non-hydrogen) atoms. The lowest BCUT2D eigenvalue weighted by molar-refractivity contribution is 0.667. The lowest BCUT2D eigenvalue weighted by Crippen LogP contribution is -2.00. The van der Waals surface area contributed by atoms with Crippen LogP contribution in [-0.4, -0.2) is 14.5 Å². The Hall–Kier alpha value is -6.20. The Morgan fingerprint density at radius 2 is 1.13 bits per heavy atom. The fourth-order valence-corrected chi connectivity index (χ4v) is 6.85. The highest BCUT2D eigenvalue weighted by atomic mass is 16.3. The number of furan rings is 2. The molecule has 0 aliphatic carbocycles. The van der Waals surface area contributed by atoms with Crippen molar-refractivity contribution in [1.29, 1.82) is 0 Å². The molecule has 0 aliphatic rings. The number of aromatic nitrogens is 3. The Labute approximate surface area is 256 Å². The van der Waals surface area contributed by atoms with Crippen LogP contribution >= 0.6 is 0 Å². The summed E-state index contributed by atoms with van der Waals surface area (Å²) < 4.78 is 15.4. The zero-order chi connectivity index (χ0) is 29.5. The fraction of sp³-hybridized carbons (Fsp3) is 0. The number of para-hydroxylation sites is 4. The second-order valence-electron chi connectivity index (χ2n) is 11.3. The third-order valence-electron chi connectivity index (χ3n) is 8.83. The molecule has 4 aromatic heterocycles. The highest BCUT2D eigenvalue weighted by Gasteiger charge is 2.23. The quantitative estimate of drug-likeness (QED) is 0.210. The topological polar surface area (TPSA) is 57.0 Å². The molecule has 0 aliphatic heterocycles. The summed E-state index contributed by atoms with van der Waals surface area (Å²) in [7, 11) is 0. The van der Waals surface area contributed by atoms with E-state index in [2.05, 4.69) is 83.4 Å². The Bertz CT molecular complexity index is 2770. The summed E-state index contributed by atoms with van der Waals surface area (Å²) in [5, 5.41) is 5.43. The van der Waals surface area contributed by atoms with Crippen molar-refractivity contribution >= 4 is 65.8 Å². The summed E-state index contributed by atoms with van der Waals surface area (Å²) in [4.78, 5) is 10.3. The smallest absolute Gasteiger partial charge is 0.180 e. The van der Waals surface area contributed by atoms with Gasteiger partial charge in [0, 0.05) is 32.7 Å². The van der Waals surface area contributed by atoms with Crippen molar-refractivity contribution in [2.45, 2.75) is 0 Å². The molecule has 6 aromatic carbocycles. The van der Waals surface area contributed by atoms with Crippen LogP contribution in [0.25, 0.3) is 94.1 Å². The summed E-state index contributed by atoms with van der Waals surface area (Å²) in [6, 6.07) is 47.8. The van der Waals surface area contributed by atoms with Gasteiger partial charge in [0.1, 0.15) is 28.0 Å². The van der Waals surface area contributed by atoms with Crippen LogP contribution in [0.3, 0.4) is 0 Å². The van der Waals surface area contributed by atoms with E-state index in [-0.39, 0.29) is 0 Å². The molecule has 5 heteroatoms. The summed E-state index contributed by atoms with van der Waals surface area (Å²) in [5.41, 5.74) is 9.85. The Morgan fingerprint density at radius 3 is 2.00 bits per heavy atom. The van der Waals surface area contributed by atoms with Crippen LogP contribution in [0.4, 0.5) is 0 Å². The molecule has 0 amide bonds. The summed E-state index contributed by atoms with van der Waals surface area (Å²) in [5.74, 6) is 0.658. The first-order chi connectivity index (χ1) is 22.3. The van der Waals surface area contributed by atoms with E-state index < -0.39 is 0 Å². The average Bonchev–Trinajstić information content (AvgIpc) is 3.78. The van der Waals surface area contributed by atoms with E-state index in [1.54, 1.807) is 0 Å². The lowest BCUT2D eigenvalue weighted by Gasteiger charge is -2.14. The molecule has 0 fully saturated rings. The molecular weight excluding hydrogens is 554 g/mol. The minimum Gasteiger partial charge on any atom is -0.455 e. The SMILES string of the molecule is c1ccc(-c2nc(-c3ccccc3-n3c4ccccc4c4c5oc6ccccc6c5ccc43)c3oc4ccccc4c3n2)cc1. The van der Waals surface area contributed by atoms with Gasteiger partial charge in [0.2, 0.25) is 0 Å². The second-order valence-corrected chi connectivity index (χ2v) is 11.3. The largest absolute Gasteiger partial charge is 0.455 e. The molecule has 0 radical (unpaired) electrons. The monoisotopic (exact) mass is 577 g/mol. The highest BCUT2D eigenvalue weighted by Crippen LogP contribution is 2.43. The number of rotatable bonds is 3. The van der Waals surface area contributed by atoms with Gasteiger partial charge in [0.05, 0.1) is 22.1 Å². The molecule has 0 saturated carbocycles. The first-order valence-electron chi connectivity index (χ1n) is 15.0. The summed E-state index contributed by atoms with van der Waals surface area (Å²) >= 11 is 0. The normalized spacial score (nSPS) is 12.0. The first-order valence-corrected chi connectivity index (χ1v) is 15.0. The van der Waals surface area contributed by atoms with E-state index in [4.69, 9.17) is 18.8 Å². The Kier molecular flexibility index (Phi) is 4.93. The van der Waals surface area contributed by atoms with Crippen LogP contribution in [0, 0.1) is 0 Å². The van der Waals surface area contributed by atoms with Gasteiger partial charge in [-0.25, -0.2) is 9.97 Å². The summed E-state index contributed by atoms with van der Waals surface area (Å²) in [6.45, 7) is 0. The minimum absolute atomic E-state index is 0.658. The van der Waals surface area contributed by atoms with E-state index >= 15 is 0 Å². The molecular formula is C40H23N3O2. The van der Waals surface area contributed by atoms with Gasteiger partial charge in [-0.1, -0.05) is 97.1 Å². The molecule has 4 heterocycles. The molecule has 10 aromatic rings. The second kappa shape index (κ2) is 9.15. The molecule has 10 rings (SSSR count). The molecule has 210 valence electrons. The maximum Gasteiger partial charge on any atom is 0.180 e. The number of benzene rings is 6. The van der Waals surface area contributed by atoms with Gasteiger partial charge in [-0.05, 0) is 42.5 Å². The average molecular weight is 578 g/mol. The van der Waals surface area contributed by atoms with Crippen molar-refractivity contribution in [2.24, 2.45) is 0 Å². The van der Waals surface area contributed by atoms with Crippen molar-refractivity contribution in [3.8, 4) is 28.3 Å². The molecule has 0 saturated heterocycles. The number of fused-ring (bicyclic) bond motifs is 10. The van der Waals surface area contributed by atoms with Gasteiger partial charge in [-0.2, -0.15) is 0 Å². The highest BCUT2D eigenvalue weighted by molar-refractivity contribution is 6.24. The van der Waals surface area contributed by atoms with Crippen LogP contribution in [0.2, 0.25) is 0 Å². The van der Waals surface area contributed by atoms with E-state index in [0.717, 1.165) is 82.7 Å². The maximum atomic E-state index is 6.55. The fourth-order valence-electron chi connectivity index (χ4n) is 6.85. The zero-order valence-corrected chi connectivity index (χ0v) is 23.9. The van der Waals surface area contributed by atoms with Crippen molar-refractivity contribution in [1.82, 2.24) is 14.5 Å². The van der Waals surface area contributed by atoms with Crippen LogP contribution in [0.5, 0.6) is 0 Å². The summed E-state index contributed by atoms with van der Waals surface area (Å²) in [6.07, 6.45) is 0. The third-order valence-corrected chi connectivity index (χ3v) is 8.83. The maximum absolute atomic E-state index is 6.55. The van der Waals surface area contributed by atoms with Crippen molar-refractivity contribution in [2.75, 3.05) is 0 Å². The zero-order valence-electron chi connectivity index (χ0n) is 23.9. The van der Waals surface area contributed by atoms with Crippen molar-refractivity contribution in [3.05, 3.63) is 140 Å². The van der Waals surface area contributed by atoms with E-state index in [1.807, 2.05) is 60.7 Å². The molecule has 0 bridgehead atoms. The van der Waals surface area contributed by atoms with Gasteiger partial charge in [0.15, 0.2) is 11.4 Å². The van der Waals surface area contributed by atoms with Crippen molar-refractivity contribution in [3.63, 3.8) is 0 Å². The number of nitrogens with zero attached hydrogens (tertiary/aromatic N) is 3. The first kappa shape index (κ1) is 24.3. The number of hydrogen-bond acceptors (Lipinski definition) is 4. The molecule has 0 spiro atoms. The van der Waals surface area contributed by atoms with Gasteiger partial charge in [-0.15, -0.1) is 0 Å². The van der Waals surface area contributed by atoms with Crippen LogP contribution in [-0.2, 0) is 0 Å². The van der Waals surface area contributed by atoms with Crippen LogP contribution < -0.4 is 0 Å². The van der Waals surface area contributed by atoms with E-state index in [1.165, 1.54) is 0 Å². The van der Waals surface area contributed by atoms with Crippen LogP contribution in [0.15, 0.2) is 148 Å². The molecule has 5 nitrogen and oxygen atoms in total. The minimum atomic E-state index is 0.658. The van der Waals surface area contributed by atoms with Gasteiger partial charge in [0.25, 0.3) is 0 Å². The molecule has 0 atom stereocenters. The number of hydrogen-bond donors (Lipinski definition) is 0. The molecule has 0 unspecified atom stereocenters. The van der Waals surface area contributed by atoms with E-state index in [0.29, 0.717) is 11.4 Å². The Balaban J connectivity index is 1.33. The predicted molar refractivity (Wildman–Crippen MR) is 182 cm³/mol. The Morgan fingerprint density at radius 1 is 0.467 bits per heavy atom. The van der Waals surface area contributed by atoms with E-state index in [9.17, 15) is 0 Å². The van der Waals surface area contributed by atoms with Gasteiger partial charge in [-0.3, -0.25) is 0 Å². The van der Waals surface area contributed by atoms with Gasteiger partial charge < -0.3 is 13.4 Å². The van der Waals surface area contributed by atoms with Crippen LogP contribution in [0.1, 0.15) is 0 Å². The van der Waals surface area contributed by atoms with Gasteiger partial charge >= 0.3 is 0 Å². The standard InChI is InChI=1S/C40H23N3O2/c1-2-12-24(13-3-1)40-41-36(39-37(42-40)29-17-7-11-21-34(29)45-39)28-16-5-9-19-31(28)43-30-18-8-4-15-27(30)35-32(43)23-22-26-25-14-6-10-20-33(25)44-38(26)35/h1-23H. The van der Waals surface area contributed by atoms with Crippen molar-refractivity contribution < 1.29 is 8.83 Å². The lowest BCUT2D eigenvalue weighted by atomic mass is 10.1. The predicted octanol–water partition coefficient (Wildman–Crippen LogP) is 10.7.